The molecule has 3 atom stereocenters. The summed E-state index contributed by atoms with van der Waals surface area (Å²) in [4.78, 5) is 99.2. The summed E-state index contributed by atoms with van der Waals surface area (Å²) in [5.74, 6) is -8.59. The second kappa shape index (κ2) is 14.0. The van der Waals surface area contributed by atoms with Gasteiger partial charge in [0.15, 0.2) is 6.04 Å². The number of piperazine rings is 1. The number of sulfone groups is 1. The molecule has 46 heavy (non-hydrogen) atoms. The Hall–Kier alpha value is -4.33. The van der Waals surface area contributed by atoms with E-state index in [1.54, 1.807) is 13.0 Å². The van der Waals surface area contributed by atoms with Crippen LogP contribution >= 0.6 is 0 Å². The van der Waals surface area contributed by atoms with Crippen LogP contribution in [0, 0.1) is 0 Å². The number of β-lactam (4-membered cyclic amide) rings is 1. The zero-order valence-electron chi connectivity index (χ0n) is 24.8. The van der Waals surface area contributed by atoms with Crippen molar-refractivity contribution in [1.82, 2.24) is 30.7 Å². The van der Waals surface area contributed by atoms with Gasteiger partial charge in [-0.25, -0.2) is 13.2 Å². The van der Waals surface area contributed by atoms with Crippen molar-refractivity contribution in [2.75, 3.05) is 32.0 Å². The molecule has 2 saturated heterocycles. The normalized spacial score (nSPS) is 22.4. The Morgan fingerprint density at radius 1 is 1.11 bits per heavy atom. The predicted octanol–water partition coefficient (Wildman–Crippen LogP) is -7.15. The van der Waals surface area contributed by atoms with Crippen molar-refractivity contribution in [3.8, 4) is 0 Å². The summed E-state index contributed by atoms with van der Waals surface area (Å²) in [6, 6.07) is 2.45. The standard InChI is InChI=1S/C26H28N6O12S.Na/c1-3-30-9-10-31(23(38)22(30)37)25(41)28-17(15-7-5-4-6-8-15)20(35)29-19-21(36)32-18(24(39)40)16(11-44-14(2)34)12-45(42,43)26(19,32)27-13-33;/h4-8,13,17,19H,3,9-12H2,1-2H3,(H,27,33)(H,28,41)(H,29,35)(H,39,40);/q;+1/p-1/t17?,19-,26?;/m0./s1. The number of benzene rings is 1. The molecular formula is C26H27N6NaO12S. The molecule has 0 aliphatic carbocycles. The Kier molecular flexibility index (Phi) is 11.0. The molecule has 3 aliphatic heterocycles. The summed E-state index contributed by atoms with van der Waals surface area (Å²) in [6.07, 6.45) is -0.116. The fourth-order valence-electron chi connectivity index (χ4n) is 5.24. The number of amides is 7. The molecule has 0 bridgehead atoms. The Labute approximate surface area is 283 Å². The van der Waals surface area contributed by atoms with Gasteiger partial charge in [-0.15, -0.1) is 0 Å². The van der Waals surface area contributed by atoms with Gasteiger partial charge in [0, 0.05) is 32.1 Å². The SMILES string of the molecule is CCN1CCN(C(=O)NC(C(=O)N[C@H]2C(=O)N3C(C(=O)[O-])=C(COC(C)=O)CS(=O)(=O)C23NC=O)c2ccccc2)C(=O)C1=O.[Na+]. The first-order chi connectivity index (χ1) is 21.2. The molecule has 18 nitrogen and oxygen atoms in total. The van der Waals surface area contributed by atoms with Crippen molar-refractivity contribution in [2.24, 2.45) is 0 Å². The van der Waals surface area contributed by atoms with Gasteiger partial charge in [-0.05, 0) is 12.5 Å². The first kappa shape index (κ1) is 36.1. The molecule has 0 radical (unpaired) electrons. The topological polar surface area (TPSA) is 249 Å². The number of fused-ring (bicyclic) bond motifs is 1. The van der Waals surface area contributed by atoms with Crippen LogP contribution < -0.4 is 50.6 Å². The molecule has 0 aromatic heterocycles. The van der Waals surface area contributed by atoms with Crippen molar-refractivity contribution in [2.45, 2.75) is 30.9 Å². The van der Waals surface area contributed by atoms with E-state index in [9.17, 15) is 51.9 Å². The number of aliphatic carboxylic acids is 1. The van der Waals surface area contributed by atoms with Crippen LogP contribution in [-0.4, -0.2) is 114 Å². The van der Waals surface area contributed by atoms with Gasteiger partial charge in [-0.1, -0.05) is 30.3 Å². The van der Waals surface area contributed by atoms with Crippen LogP contribution in [0.5, 0.6) is 0 Å². The van der Waals surface area contributed by atoms with Crippen LogP contribution in [0.3, 0.4) is 0 Å². The van der Waals surface area contributed by atoms with Crippen molar-refractivity contribution in [3.05, 3.63) is 47.2 Å². The monoisotopic (exact) mass is 670 g/mol. The number of urea groups is 1. The maximum atomic E-state index is 13.7. The van der Waals surface area contributed by atoms with E-state index in [0.29, 0.717) is 4.90 Å². The second-order valence-electron chi connectivity index (χ2n) is 9.99. The van der Waals surface area contributed by atoms with Crippen LogP contribution in [0.4, 0.5) is 4.79 Å². The van der Waals surface area contributed by atoms with E-state index in [1.807, 2.05) is 5.32 Å². The zero-order valence-corrected chi connectivity index (χ0v) is 27.6. The van der Waals surface area contributed by atoms with E-state index in [0.717, 1.165) is 6.92 Å². The van der Waals surface area contributed by atoms with Gasteiger partial charge in [0.05, 0.1) is 17.4 Å². The average molecular weight is 671 g/mol. The summed E-state index contributed by atoms with van der Waals surface area (Å²) >= 11 is 0. The third kappa shape index (κ3) is 6.22. The van der Waals surface area contributed by atoms with Gasteiger partial charge in [0.25, 0.3) is 10.9 Å². The van der Waals surface area contributed by atoms with Gasteiger partial charge in [0.1, 0.15) is 12.6 Å². The van der Waals surface area contributed by atoms with Gasteiger partial charge in [-0.2, -0.15) is 0 Å². The summed E-state index contributed by atoms with van der Waals surface area (Å²) in [7, 11) is -4.77. The molecule has 0 saturated carbocycles. The number of likely N-dealkylation sites (N-methyl/N-ethyl adjacent to an activating group) is 1. The van der Waals surface area contributed by atoms with E-state index < -0.39 is 92.1 Å². The van der Waals surface area contributed by atoms with Crippen LogP contribution in [-0.2, 0) is 48.1 Å². The Morgan fingerprint density at radius 2 is 1.76 bits per heavy atom. The van der Waals surface area contributed by atoms with Gasteiger partial charge in [-0.3, -0.25) is 38.6 Å². The smallest absolute Gasteiger partial charge is 0.543 e. The van der Waals surface area contributed by atoms with E-state index >= 15 is 0 Å². The number of hydrogen-bond acceptors (Lipinski definition) is 12. The molecule has 2 unspecified atom stereocenters. The number of esters is 1. The number of imide groups is 1. The molecule has 0 spiro atoms. The minimum absolute atomic E-state index is 0. The first-order valence-corrected chi connectivity index (χ1v) is 15.0. The van der Waals surface area contributed by atoms with E-state index in [2.05, 4.69) is 10.6 Å². The zero-order chi connectivity index (χ0) is 33.3. The third-order valence-electron chi connectivity index (χ3n) is 7.38. The van der Waals surface area contributed by atoms with Crippen molar-refractivity contribution in [3.63, 3.8) is 0 Å². The number of ether oxygens (including phenoxy) is 1. The van der Waals surface area contributed by atoms with Gasteiger partial charge in [0.2, 0.25) is 22.2 Å². The number of nitrogens with zero attached hydrogens (tertiary/aromatic N) is 3. The van der Waals surface area contributed by atoms with Crippen LogP contribution in [0.25, 0.3) is 0 Å². The quantitative estimate of drug-likeness (QED) is 0.0691. The molecule has 1 aromatic carbocycles. The molecule has 1 aromatic rings. The molecule has 4 rings (SSSR count). The predicted molar refractivity (Wildman–Crippen MR) is 145 cm³/mol. The Bertz CT molecular complexity index is 1630. The number of carbonyl (C=O) groups is 8. The number of rotatable bonds is 10. The van der Waals surface area contributed by atoms with Crippen molar-refractivity contribution < 1.29 is 86.2 Å². The average Bonchev–Trinajstić information content (AvgIpc) is 2.99. The van der Waals surface area contributed by atoms with Crippen molar-refractivity contribution in [1.29, 1.82) is 0 Å². The first-order valence-electron chi connectivity index (χ1n) is 13.3. The fourth-order valence-corrected chi connectivity index (χ4v) is 7.35. The molecule has 3 N–H and O–H groups in total. The number of carboxylic acid groups (broad SMARTS) is 1. The summed E-state index contributed by atoms with van der Waals surface area (Å²) in [5.41, 5.74) is -1.40. The number of carboxylic acids is 1. The van der Waals surface area contributed by atoms with E-state index in [4.69, 9.17) is 4.74 Å². The molecule has 3 aliphatic rings. The fraction of sp³-hybridized carbons (Fsp3) is 0.385. The van der Waals surface area contributed by atoms with Crippen molar-refractivity contribution >= 4 is 57.8 Å². The molecule has 240 valence electrons. The largest absolute Gasteiger partial charge is 1.00 e. The summed E-state index contributed by atoms with van der Waals surface area (Å²) < 4.78 is 31.8. The maximum absolute atomic E-state index is 13.7. The van der Waals surface area contributed by atoms with Gasteiger partial charge >= 0.3 is 53.4 Å². The van der Waals surface area contributed by atoms with Crippen LogP contribution in [0.1, 0.15) is 25.5 Å². The van der Waals surface area contributed by atoms with E-state index in [-0.39, 0.29) is 66.1 Å². The molecule has 20 heteroatoms. The van der Waals surface area contributed by atoms with Crippen LogP contribution in [0.15, 0.2) is 41.6 Å². The number of hydrogen-bond donors (Lipinski definition) is 3. The van der Waals surface area contributed by atoms with Crippen LogP contribution in [0.2, 0.25) is 0 Å². The molecule has 3 heterocycles. The second-order valence-corrected chi connectivity index (χ2v) is 12.1. The minimum atomic E-state index is -4.77. The summed E-state index contributed by atoms with van der Waals surface area (Å²) in [5, 5.41) is 18.5. The third-order valence-corrected chi connectivity index (χ3v) is 9.59. The summed E-state index contributed by atoms with van der Waals surface area (Å²) in [6.45, 7) is 1.87. The minimum Gasteiger partial charge on any atom is -0.543 e. The van der Waals surface area contributed by atoms with E-state index in [1.165, 1.54) is 29.2 Å². The Morgan fingerprint density at radius 3 is 2.33 bits per heavy atom. The van der Waals surface area contributed by atoms with Gasteiger partial charge < -0.3 is 35.5 Å². The molecule has 2 fully saturated rings. The number of nitrogens with one attached hydrogen (secondary N) is 3. The number of carbonyl (C=O) groups excluding carboxylic acids is 8. The maximum Gasteiger partial charge on any atom is 1.00 e. The molecular weight excluding hydrogens is 643 g/mol. The molecule has 7 amide bonds. The Balaban J connectivity index is 0.00000576.